The SMILES string of the molecule is CCOCCCNS(=O)(=O)c1c(CO)n[nH]c1C. The lowest BCUT2D eigenvalue weighted by Gasteiger charge is -2.07. The molecule has 8 heteroatoms. The van der Waals surface area contributed by atoms with Crippen molar-refractivity contribution in [3.63, 3.8) is 0 Å². The predicted molar refractivity (Wildman–Crippen MR) is 65.5 cm³/mol. The number of aliphatic hydroxyl groups excluding tert-OH is 1. The number of sulfonamides is 1. The molecule has 0 aliphatic carbocycles. The topological polar surface area (TPSA) is 104 Å². The number of aryl methyl sites for hydroxylation is 1. The van der Waals surface area contributed by atoms with Gasteiger partial charge in [-0.3, -0.25) is 5.10 Å². The van der Waals surface area contributed by atoms with Crippen LogP contribution in [-0.2, 0) is 21.4 Å². The Balaban J connectivity index is 2.65. The molecule has 0 fully saturated rings. The van der Waals surface area contributed by atoms with Crippen LogP contribution >= 0.6 is 0 Å². The number of aromatic amines is 1. The van der Waals surface area contributed by atoms with Gasteiger partial charge in [0, 0.05) is 19.8 Å². The fourth-order valence-corrected chi connectivity index (χ4v) is 2.96. The van der Waals surface area contributed by atoms with Crippen molar-refractivity contribution < 1.29 is 18.3 Å². The second-order valence-corrected chi connectivity index (χ2v) is 5.43. The van der Waals surface area contributed by atoms with E-state index < -0.39 is 16.6 Å². The van der Waals surface area contributed by atoms with Crippen molar-refractivity contribution in [2.24, 2.45) is 0 Å². The number of ether oxygens (including phenoxy) is 1. The highest BCUT2D eigenvalue weighted by Crippen LogP contribution is 2.17. The average Bonchev–Trinajstić information content (AvgIpc) is 2.71. The number of hydrogen-bond acceptors (Lipinski definition) is 5. The van der Waals surface area contributed by atoms with E-state index in [1.54, 1.807) is 6.92 Å². The second-order valence-electron chi connectivity index (χ2n) is 3.73. The molecule has 3 N–H and O–H groups in total. The maximum Gasteiger partial charge on any atom is 0.244 e. The third-order valence-corrected chi connectivity index (χ3v) is 4.00. The van der Waals surface area contributed by atoms with Crippen LogP contribution in [0.2, 0.25) is 0 Å². The molecule has 0 radical (unpaired) electrons. The minimum absolute atomic E-state index is 0.0291. The van der Waals surface area contributed by atoms with E-state index in [0.29, 0.717) is 25.3 Å². The Morgan fingerprint density at radius 1 is 1.50 bits per heavy atom. The van der Waals surface area contributed by atoms with Crippen molar-refractivity contribution in [2.45, 2.75) is 31.8 Å². The van der Waals surface area contributed by atoms with Crippen LogP contribution < -0.4 is 4.72 Å². The summed E-state index contributed by atoms with van der Waals surface area (Å²) in [5.74, 6) is 0. The van der Waals surface area contributed by atoms with E-state index in [2.05, 4.69) is 14.9 Å². The minimum atomic E-state index is -3.64. The fraction of sp³-hybridized carbons (Fsp3) is 0.700. The van der Waals surface area contributed by atoms with Crippen LogP contribution in [0.25, 0.3) is 0 Å². The largest absolute Gasteiger partial charge is 0.390 e. The quantitative estimate of drug-likeness (QED) is 0.576. The van der Waals surface area contributed by atoms with Gasteiger partial charge in [-0.05, 0) is 20.3 Å². The standard InChI is InChI=1S/C10H19N3O4S/c1-3-17-6-4-5-11-18(15,16)10-8(2)12-13-9(10)7-14/h11,14H,3-7H2,1-2H3,(H,12,13). The highest BCUT2D eigenvalue weighted by Gasteiger charge is 2.23. The van der Waals surface area contributed by atoms with Gasteiger partial charge in [0.25, 0.3) is 0 Å². The van der Waals surface area contributed by atoms with Crippen LogP contribution in [0.15, 0.2) is 4.90 Å². The Labute approximate surface area is 107 Å². The first kappa shape index (κ1) is 15.1. The van der Waals surface area contributed by atoms with Gasteiger partial charge in [-0.2, -0.15) is 5.10 Å². The smallest absolute Gasteiger partial charge is 0.244 e. The molecule has 104 valence electrons. The molecule has 0 saturated heterocycles. The molecule has 0 amide bonds. The maximum absolute atomic E-state index is 12.0. The van der Waals surface area contributed by atoms with Crippen LogP contribution in [0.4, 0.5) is 0 Å². The lowest BCUT2D eigenvalue weighted by molar-refractivity contribution is 0.146. The highest BCUT2D eigenvalue weighted by molar-refractivity contribution is 7.89. The fourth-order valence-electron chi connectivity index (χ4n) is 1.53. The van der Waals surface area contributed by atoms with Crippen molar-refractivity contribution in [1.29, 1.82) is 0 Å². The van der Waals surface area contributed by atoms with Gasteiger partial charge in [0.1, 0.15) is 10.6 Å². The summed E-state index contributed by atoms with van der Waals surface area (Å²) in [6, 6.07) is 0. The van der Waals surface area contributed by atoms with Gasteiger partial charge in [-0.15, -0.1) is 0 Å². The van der Waals surface area contributed by atoms with E-state index in [1.807, 2.05) is 6.92 Å². The molecular formula is C10H19N3O4S. The summed E-state index contributed by atoms with van der Waals surface area (Å²) in [5.41, 5.74) is 0.543. The molecular weight excluding hydrogens is 258 g/mol. The number of aliphatic hydroxyl groups is 1. The summed E-state index contributed by atoms with van der Waals surface area (Å²) in [6.45, 7) is 4.48. The van der Waals surface area contributed by atoms with Crippen LogP contribution in [0, 0.1) is 6.92 Å². The molecule has 1 aromatic heterocycles. The molecule has 1 aromatic rings. The van der Waals surface area contributed by atoms with E-state index >= 15 is 0 Å². The third kappa shape index (κ3) is 3.77. The molecule has 1 heterocycles. The van der Waals surface area contributed by atoms with Crippen LogP contribution in [0.1, 0.15) is 24.7 Å². The Bertz CT molecular complexity index is 469. The van der Waals surface area contributed by atoms with Gasteiger partial charge >= 0.3 is 0 Å². The highest BCUT2D eigenvalue weighted by atomic mass is 32.2. The van der Waals surface area contributed by atoms with E-state index in [1.165, 1.54) is 0 Å². The van der Waals surface area contributed by atoms with Crippen LogP contribution in [0.5, 0.6) is 0 Å². The van der Waals surface area contributed by atoms with E-state index in [0.717, 1.165) is 0 Å². The van der Waals surface area contributed by atoms with E-state index in [4.69, 9.17) is 9.84 Å². The number of hydrogen-bond donors (Lipinski definition) is 3. The Morgan fingerprint density at radius 2 is 2.22 bits per heavy atom. The van der Waals surface area contributed by atoms with Gasteiger partial charge in [0.2, 0.25) is 10.0 Å². The van der Waals surface area contributed by atoms with Crippen LogP contribution in [0.3, 0.4) is 0 Å². The summed E-state index contributed by atoms with van der Waals surface area (Å²) in [5, 5.41) is 15.3. The number of H-pyrrole nitrogens is 1. The average molecular weight is 277 g/mol. The molecule has 0 spiro atoms. The number of aromatic nitrogens is 2. The summed E-state index contributed by atoms with van der Waals surface area (Å²) in [7, 11) is -3.64. The third-order valence-electron chi connectivity index (χ3n) is 2.34. The van der Waals surface area contributed by atoms with Crippen molar-refractivity contribution in [2.75, 3.05) is 19.8 Å². The molecule has 7 nitrogen and oxygen atoms in total. The molecule has 0 aliphatic rings. The minimum Gasteiger partial charge on any atom is -0.390 e. The van der Waals surface area contributed by atoms with Gasteiger partial charge in [-0.25, -0.2) is 13.1 Å². The van der Waals surface area contributed by atoms with Gasteiger partial charge in [0.15, 0.2) is 0 Å². The maximum atomic E-state index is 12.0. The van der Waals surface area contributed by atoms with Crippen molar-refractivity contribution in [3.8, 4) is 0 Å². The first-order valence-electron chi connectivity index (χ1n) is 5.75. The second kappa shape index (κ2) is 6.83. The number of nitrogens with one attached hydrogen (secondary N) is 2. The molecule has 0 unspecified atom stereocenters. The molecule has 0 saturated carbocycles. The van der Waals surface area contributed by atoms with Crippen molar-refractivity contribution >= 4 is 10.0 Å². The Hall–Kier alpha value is -0.960. The first-order chi connectivity index (χ1) is 8.53. The zero-order valence-corrected chi connectivity index (χ0v) is 11.4. The number of rotatable bonds is 8. The van der Waals surface area contributed by atoms with Gasteiger partial charge in [-0.1, -0.05) is 0 Å². The van der Waals surface area contributed by atoms with Gasteiger partial charge < -0.3 is 9.84 Å². The summed E-state index contributed by atoms with van der Waals surface area (Å²) < 4.78 is 31.6. The lowest BCUT2D eigenvalue weighted by Crippen LogP contribution is -2.26. The summed E-state index contributed by atoms with van der Waals surface area (Å²) in [4.78, 5) is 0.0291. The van der Waals surface area contributed by atoms with Crippen LogP contribution in [-0.4, -0.2) is 43.5 Å². The number of nitrogens with zero attached hydrogens (tertiary/aromatic N) is 1. The first-order valence-corrected chi connectivity index (χ1v) is 7.23. The zero-order chi connectivity index (χ0) is 13.6. The monoisotopic (exact) mass is 277 g/mol. The Morgan fingerprint density at radius 3 is 2.83 bits per heavy atom. The molecule has 0 atom stereocenters. The zero-order valence-electron chi connectivity index (χ0n) is 10.6. The van der Waals surface area contributed by atoms with Crippen molar-refractivity contribution in [3.05, 3.63) is 11.4 Å². The normalized spacial score (nSPS) is 11.9. The Kier molecular flexibility index (Phi) is 5.73. The van der Waals surface area contributed by atoms with E-state index in [-0.39, 0.29) is 17.1 Å². The van der Waals surface area contributed by atoms with Crippen molar-refractivity contribution in [1.82, 2.24) is 14.9 Å². The summed E-state index contributed by atoms with van der Waals surface area (Å²) >= 11 is 0. The molecule has 18 heavy (non-hydrogen) atoms. The van der Waals surface area contributed by atoms with Gasteiger partial charge in [0.05, 0.1) is 12.3 Å². The molecule has 0 bridgehead atoms. The molecule has 0 aromatic carbocycles. The lowest BCUT2D eigenvalue weighted by atomic mass is 10.4. The summed E-state index contributed by atoms with van der Waals surface area (Å²) in [6.07, 6.45) is 0.596. The predicted octanol–water partition coefficient (Wildman–Crippen LogP) is -0.0847. The molecule has 0 aliphatic heterocycles. The molecule has 1 rings (SSSR count). The van der Waals surface area contributed by atoms with E-state index in [9.17, 15) is 8.42 Å².